The number of nitrogens with two attached hydrogens (primary N) is 1. The van der Waals surface area contributed by atoms with Gasteiger partial charge in [0.1, 0.15) is 5.75 Å². The van der Waals surface area contributed by atoms with Crippen molar-refractivity contribution < 1.29 is 9.53 Å². The molecule has 1 aliphatic carbocycles. The van der Waals surface area contributed by atoms with Crippen molar-refractivity contribution in [3.05, 3.63) is 29.8 Å². The number of hydrogen-bond donors (Lipinski definition) is 2. The van der Waals surface area contributed by atoms with Crippen LogP contribution in [0.3, 0.4) is 0 Å². The molecule has 22 heavy (non-hydrogen) atoms. The molecule has 2 rings (SSSR count). The van der Waals surface area contributed by atoms with E-state index in [9.17, 15) is 4.79 Å². The highest BCUT2D eigenvalue weighted by Crippen LogP contribution is 2.25. The van der Waals surface area contributed by atoms with E-state index in [4.69, 9.17) is 10.5 Å². The summed E-state index contributed by atoms with van der Waals surface area (Å²) < 4.78 is 5.56. The number of nitrogens with one attached hydrogen (secondary N) is 1. The smallest absolute Gasteiger partial charge is 0.251 e. The summed E-state index contributed by atoms with van der Waals surface area (Å²) in [5, 5.41) is 2.97. The summed E-state index contributed by atoms with van der Waals surface area (Å²) in [6, 6.07) is 7.31. The van der Waals surface area contributed by atoms with Crippen LogP contribution >= 0.6 is 12.4 Å². The Bertz CT molecular complexity index is 473. The van der Waals surface area contributed by atoms with E-state index >= 15 is 0 Å². The molecule has 1 aromatic carbocycles. The standard InChI is InChI=1S/C17H26N2O2.ClH/c1-2-11-21-15-8-6-7-14(12-15)16(20)19-13-17(18)9-4-3-5-10-17;/h6-8,12H,2-5,9-11,13,18H2,1H3,(H,19,20);1H. The van der Waals surface area contributed by atoms with E-state index in [2.05, 4.69) is 12.2 Å². The van der Waals surface area contributed by atoms with Crippen LogP contribution in [0.1, 0.15) is 55.8 Å². The highest BCUT2D eigenvalue weighted by molar-refractivity contribution is 5.94. The molecule has 0 radical (unpaired) electrons. The maximum Gasteiger partial charge on any atom is 0.251 e. The Labute approximate surface area is 139 Å². The van der Waals surface area contributed by atoms with Gasteiger partial charge in [0.15, 0.2) is 0 Å². The minimum absolute atomic E-state index is 0. The van der Waals surface area contributed by atoms with Crippen LogP contribution in [0.15, 0.2) is 24.3 Å². The lowest BCUT2D eigenvalue weighted by atomic mass is 9.82. The van der Waals surface area contributed by atoms with Crippen molar-refractivity contribution in [2.24, 2.45) is 5.73 Å². The largest absolute Gasteiger partial charge is 0.494 e. The summed E-state index contributed by atoms with van der Waals surface area (Å²) in [5.41, 5.74) is 6.74. The molecule has 0 heterocycles. The van der Waals surface area contributed by atoms with Gasteiger partial charge in [-0.3, -0.25) is 4.79 Å². The molecule has 0 bridgehead atoms. The topological polar surface area (TPSA) is 64.3 Å². The number of ether oxygens (including phenoxy) is 1. The molecule has 5 heteroatoms. The molecule has 0 aliphatic heterocycles. The van der Waals surface area contributed by atoms with Crippen molar-refractivity contribution in [1.29, 1.82) is 0 Å². The average Bonchev–Trinajstić information content (AvgIpc) is 2.52. The summed E-state index contributed by atoms with van der Waals surface area (Å²) in [5.74, 6) is 0.664. The second-order valence-electron chi connectivity index (χ2n) is 5.98. The highest BCUT2D eigenvalue weighted by Gasteiger charge is 2.27. The molecule has 0 aromatic heterocycles. The van der Waals surface area contributed by atoms with Gasteiger partial charge in [-0.15, -0.1) is 12.4 Å². The SMILES string of the molecule is CCCOc1cccc(C(=O)NCC2(N)CCCCC2)c1.Cl. The molecule has 0 unspecified atom stereocenters. The molecule has 0 saturated heterocycles. The van der Waals surface area contributed by atoms with Crippen LogP contribution in [0.4, 0.5) is 0 Å². The molecule has 4 nitrogen and oxygen atoms in total. The molecule has 1 fully saturated rings. The third kappa shape index (κ3) is 5.50. The van der Waals surface area contributed by atoms with E-state index < -0.39 is 0 Å². The first kappa shape index (κ1) is 18.8. The molecule has 1 saturated carbocycles. The lowest BCUT2D eigenvalue weighted by Crippen LogP contribution is -2.51. The van der Waals surface area contributed by atoms with Crippen LogP contribution in [0, 0.1) is 0 Å². The molecule has 1 amide bonds. The summed E-state index contributed by atoms with van der Waals surface area (Å²) in [6.45, 7) is 3.27. The molecule has 3 N–H and O–H groups in total. The van der Waals surface area contributed by atoms with Crippen molar-refractivity contribution in [2.75, 3.05) is 13.2 Å². The lowest BCUT2D eigenvalue weighted by molar-refractivity contribution is 0.0937. The fourth-order valence-corrected chi connectivity index (χ4v) is 2.74. The van der Waals surface area contributed by atoms with Crippen LogP contribution in [-0.4, -0.2) is 24.6 Å². The fourth-order valence-electron chi connectivity index (χ4n) is 2.74. The zero-order valence-corrected chi connectivity index (χ0v) is 14.1. The van der Waals surface area contributed by atoms with Crippen LogP contribution < -0.4 is 15.8 Å². The van der Waals surface area contributed by atoms with Gasteiger partial charge in [0.25, 0.3) is 5.91 Å². The Morgan fingerprint density at radius 3 is 2.73 bits per heavy atom. The van der Waals surface area contributed by atoms with Gasteiger partial charge < -0.3 is 15.8 Å². The Morgan fingerprint density at radius 2 is 2.05 bits per heavy atom. The molecule has 0 atom stereocenters. The Hall–Kier alpha value is -1.26. The quantitative estimate of drug-likeness (QED) is 0.843. The van der Waals surface area contributed by atoms with Crippen LogP contribution in [0.5, 0.6) is 5.75 Å². The van der Waals surface area contributed by atoms with Crippen LogP contribution in [0.25, 0.3) is 0 Å². The molecular formula is C17H27ClN2O2. The number of rotatable bonds is 6. The number of benzene rings is 1. The zero-order chi connectivity index (χ0) is 15.1. The zero-order valence-electron chi connectivity index (χ0n) is 13.3. The number of carbonyl (C=O) groups is 1. The Balaban J connectivity index is 0.00000242. The minimum Gasteiger partial charge on any atom is -0.494 e. The van der Waals surface area contributed by atoms with E-state index in [1.165, 1.54) is 6.42 Å². The monoisotopic (exact) mass is 326 g/mol. The number of halogens is 1. The van der Waals surface area contributed by atoms with Crippen LogP contribution in [0.2, 0.25) is 0 Å². The van der Waals surface area contributed by atoms with Crippen molar-refractivity contribution >= 4 is 18.3 Å². The molecule has 1 aromatic rings. The first-order valence-electron chi connectivity index (χ1n) is 7.93. The van der Waals surface area contributed by atoms with Crippen LogP contribution in [-0.2, 0) is 0 Å². The molecule has 1 aliphatic rings. The van der Waals surface area contributed by atoms with E-state index in [1.807, 2.05) is 12.1 Å². The normalized spacial score (nSPS) is 16.5. The second-order valence-corrected chi connectivity index (χ2v) is 5.98. The van der Waals surface area contributed by atoms with Gasteiger partial charge in [-0.05, 0) is 37.5 Å². The van der Waals surface area contributed by atoms with E-state index in [0.29, 0.717) is 18.7 Å². The van der Waals surface area contributed by atoms with Gasteiger partial charge in [-0.2, -0.15) is 0 Å². The highest BCUT2D eigenvalue weighted by atomic mass is 35.5. The van der Waals surface area contributed by atoms with E-state index in [0.717, 1.165) is 37.9 Å². The summed E-state index contributed by atoms with van der Waals surface area (Å²) in [6.07, 6.45) is 6.51. The third-order valence-corrected chi connectivity index (χ3v) is 4.02. The lowest BCUT2D eigenvalue weighted by Gasteiger charge is -2.33. The summed E-state index contributed by atoms with van der Waals surface area (Å²) in [4.78, 5) is 12.2. The Morgan fingerprint density at radius 1 is 1.32 bits per heavy atom. The number of carbonyl (C=O) groups excluding carboxylic acids is 1. The third-order valence-electron chi connectivity index (χ3n) is 4.02. The van der Waals surface area contributed by atoms with Gasteiger partial charge >= 0.3 is 0 Å². The first-order chi connectivity index (χ1) is 10.1. The maximum absolute atomic E-state index is 12.2. The molecule has 124 valence electrons. The maximum atomic E-state index is 12.2. The van der Waals surface area contributed by atoms with Gasteiger partial charge in [0, 0.05) is 17.6 Å². The first-order valence-corrected chi connectivity index (χ1v) is 7.93. The van der Waals surface area contributed by atoms with Crippen molar-refractivity contribution in [3.63, 3.8) is 0 Å². The predicted octanol–water partition coefficient (Wildman–Crippen LogP) is 3.29. The van der Waals surface area contributed by atoms with Crippen molar-refractivity contribution in [2.45, 2.75) is 51.0 Å². The summed E-state index contributed by atoms with van der Waals surface area (Å²) in [7, 11) is 0. The van der Waals surface area contributed by atoms with Crippen molar-refractivity contribution in [3.8, 4) is 5.75 Å². The number of hydrogen-bond acceptors (Lipinski definition) is 3. The Kier molecular flexibility index (Phi) is 7.69. The van der Waals surface area contributed by atoms with Gasteiger partial charge in [-0.25, -0.2) is 0 Å². The van der Waals surface area contributed by atoms with Gasteiger partial charge in [0.2, 0.25) is 0 Å². The average molecular weight is 327 g/mol. The van der Waals surface area contributed by atoms with Gasteiger partial charge in [-0.1, -0.05) is 32.3 Å². The van der Waals surface area contributed by atoms with Crippen molar-refractivity contribution in [1.82, 2.24) is 5.32 Å². The summed E-state index contributed by atoms with van der Waals surface area (Å²) >= 11 is 0. The molecule has 0 spiro atoms. The minimum atomic E-state index is -0.232. The predicted molar refractivity (Wildman–Crippen MR) is 91.8 cm³/mol. The number of amides is 1. The fraction of sp³-hybridized carbons (Fsp3) is 0.588. The second kappa shape index (κ2) is 9.01. The molecular weight excluding hydrogens is 300 g/mol. The van der Waals surface area contributed by atoms with E-state index in [1.54, 1.807) is 12.1 Å². The van der Waals surface area contributed by atoms with E-state index in [-0.39, 0.29) is 23.9 Å². The van der Waals surface area contributed by atoms with Gasteiger partial charge in [0.05, 0.1) is 6.61 Å².